The van der Waals surface area contributed by atoms with Crippen LogP contribution in [0.4, 0.5) is 5.82 Å². The number of hydrogen-bond acceptors (Lipinski definition) is 6. The predicted molar refractivity (Wildman–Crippen MR) is 133 cm³/mol. The molecule has 2 aromatic carbocycles. The maximum atomic E-state index is 6.48. The van der Waals surface area contributed by atoms with E-state index in [9.17, 15) is 0 Å². The fourth-order valence-corrected chi connectivity index (χ4v) is 4.79. The van der Waals surface area contributed by atoms with Gasteiger partial charge in [-0.2, -0.15) is 0 Å². The van der Waals surface area contributed by atoms with Gasteiger partial charge in [0.25, 0.3) is 0 Å². The fourth-order valence-electron chi connectivity index (χ4n) is 3.48. The SMILES string of the molecule is Cc1ccc(-c2cc(Cl)cc(Sc3nc4c(N)ncnc4n3CCCNC(C)C)c2)cc1. The molecule has 2 aromatic heterocycles. The van der Waals surface area contributed by atoms with Crippen molar-refractivity contribution in [3.05, 3.63) is 59.4 Å². The zero-order valence-corrected chi connectivity index (χ0v) is 20.0. The molecule has 2 heterocycles. The summed E-state index contributed by atoms with van der Waals surface area (Å²) in [7, 11) is 0. The number of nitrogens with two attached hydrogens (primary N) is 1. The molecule has 166 valence electrons. The van der Waals surface area contributed by atoms with Crippen LogP contribution in [0.25, 0.3) is 22.3 Å². The number of imidazole rings is 1. The van der Waals surface area contributed by atoms with Crippen molar-refractivity contribution in [1.29, 1.82) is 0 Å². The van der Waals surface area contributed by atoms with Gasteiger partial charge in [-0.3, -0.25) is 0 Å². The lowest BCUT2D eigenvalue weighted by atomic mass is 10.0. The quantitative estimate of drug-likeness (QED) is 0.330. The molecule has 4 rings (SSSR count). The molecule has 0 spiro atoms. The molecule has 0 saturated carbocycles. The lowest BCUT2D eigenvalue weighted by Crippen LogP contribution is -2.24. The second kappa shape index (κ2) is 9.90. The first-order valence-electron chi connectivity index (χ1n) is 10.7. The molecule has 0 bridgehead atoms. The van der Waals surface area contributed by atoms with Crippen LogP contribution in [0.3, 0.4) is 0 Å². The topological polar surface area (TPSA) is 81.7 Å². The minimum absolute atomic E-state index is 0.391. The van der Waals surface area contributed by atoms with Crippen molar-refractivity contribution in [1.82, 2.24) is 24.8 Å². The van der Waals surface area contributed by atoms with Crippen molar-refractivity contribution >= 4 is 40.3 Å². The van der Waals surface area contributed by atoms with Gasteiger partial charge in [-0.25, -0.2) is 15.0 Å². The second-order valence-electron chi connectivity index (χ2n) is 8.08. The van der Waals surface area contributed by atoms with Crippen LogP contribution >= 0.6 is 23.4 Å². The number of hydrogen-bond donors (Lipinski definition) is 2. The highest BCUT2D eigenvalue weighted by atomic mass is 35.5. The maximum Gasteiger partial charge on any atom is 0.175 e. The Hall–Kier alpha value is -2.61. The summed E-state index contributed by atoms with van der Waals surface area (Å²) in [6, 6.07) is 15.0. The van der Waals surface area contributed by atoms with Gasteiger partial charge in [0.05, 0.1) is 0 Å². The van der Waals surface area contributed by atoms with Crippen LogP contribution in [-0.2, 0) is 6.54 Å². The summed E-state index contributed by atoms with van der Waals surface area (Å²) in [6.45, 7) is 8.06. The van der Waals surface area contributed by atoms with Crippen molar-refractivity contribution in [2.75, 3.05) is 12.3 Å². The third-order valence-electron chi connectivity index (χ3n) is 5.10. The van der Waals surface area contributed by atoms with E-state index >= 15 is 0 Å². The van der Waals surface area contributed by atoms with Gasteiger partial charge in [0.15, 0.2) is 22.1 Å². The molecule has 0 radical (unpaired) electrons. The number of anilines is 1. The fraction of sp³-hybridized carbons (Fsp3) is 0.292. The summed E-state index contributed by atoms with van der Waals surface area (Å²) in [6.07, 6.45) is 2.44. The van der Waals surface area contributed by atoms with Gasteiger partial charge in [0.1, 0.15) is 6.33 Å². The second-order valence-corrected chi connectivity index (χ2v) is 9.56. The van der Waals surface area contributed by atoms with Gasteiger partial charge in [0.2, 0.25) is 0 Å². The molecule has 0 amide bonds. The standard InChI is InChI=1S/C24H27ClN6S/c1-15(2)27-9-4-10-31-23-21(22(26)28-14-29-23)30-24(31)32-20-12-18(11-19(25)13-20)17-7-5-16(3)6-8-17/h5-8,11-15,27H,4,9-10H2,1-3H3,(H2,26,28,29). The van der Waals surface area contributed by atoms with E-state index in [1.165, 1.54) is 11.9 Å². The molecule has 32 heavy (non-hydrogen) atoms. The summed E-state index contributed by atoms with van der Waals surface area (Å²) in [5.41, 5.74) is 10.9. The number of halogens is 1. The Bertz CT molecular complexity index is 1220. The molecule has 0 saturated heterocycles. The first-order valence-corrected chi connectivity index (χ1v) is 11.9. The number of aryl methyl sites for hydroxylation is 2. The van der Waals surface area contributed by atoms with Gasteiger partial charge >= 0.3 is 0 Å². The van der Waals surface area contributed by atoms with Crippen molar-refractivity contribution in [2.24, 2.45) is 0 Å². The Labute approximate surface area is 197 Å². The van der Waals surface area contributed by atoms with Crippen LogP contribution in [-0.4, -0.2) is 32.1 Å². The number of nitrogens with zero attached hydrogens (tertiary/aromatic N) is 4. The zero-order valence-electron chi connectivity index (χ0n) is 18.5. The number of nitrogens with one attached hydrogen (secondary N) is 1. The van der Waals surface area contributed by atoms with E-state index in [4.69, 9.17) is 22.3 Å². The number of fused-ring (bicyclic) bond motifs is 1. The summed E-state index contributed by atoms with van der Waals surface area (Å²) in [5, 5.41) is 4.97. The average molecular weight is 467 g/mol. The lowest BCUT2D eigenvalue weighted by Gasteiger charge is -2.11. The summed E-state index contributed by atoms with van der Waals surface area (Å²) < 4.78 is 2.12. The summed E-state index contributed by atoms with van der Waals surface area (Å²) in [4.78, 5) is 14.4. The van der Waals surface area contributed by atoms with Crippen molar-refractivity contribution in [3.8, 4) is 11.1 Å². The molecule has 8 heteroatoms. The maximum absolute atomic E-state index is 6.48. The van der Waals surface area contributed by atoms with E-state index < -0.39 is 0 Å². The minimum Gasteiger partial charge on any atom is -0.382 e. The highest BCUT2D eigenvalue weighted by Gasteiger charge is 2.16. The van der Waals surface area contributed by atoms with Crippen molar-refractivity contribution < 1.29 is 0 Å². The molecular formula is C24H27ClN6S. The van der Waals surface area contributed by atoms with Crippen LogP contribution in [0.5, 0.6) is 0 Å². The lowest BCUT2D eigenvalue weighted by molar-refractivity contribution is 0.525. The first kappa shape index (κ1) is 22.6. The molecule has 0 unspecified atom stereocenters. The first-order chi connectivity index (χ1) is 15.4. The number of aromatic nitrogens is 4. The monoisotopic (exact) mass is 466 g/mol. The number of benzene rings is 2. The van der Waals surface area contributed by atoms with Crippen molar-refractivity contribution in [3.63, 3.8) is 0 Å². The van der Waals surface area contributed by atoms with E-state index in [0.29, 0.717) is 22.4 Å². The van der Waals surface area contributed by atoms with Gasteiger partial charge in [-0.1, -0.05) is 67.0 Å². The summed E-state index contributed by atoms with van der Waals surface area (Å²) >= 11 is 8.04. The largest absolute Gasteiger partial charge is 0.382 e. The third-order valence-corrected chi connectivity index (χ3v) is 6.29. The van der Waals surface area contributed by atoms with Gasteiger partial charge < -0.3 is 15.6 Å². The van der Waals surface area contributed by atoms with Gasteiger partial charge in [-0.15, -0.1) is 0 Å². The minimum atomic E-state index is 0.391. The van der Waals surface area contributed by atoms with Crippen LogP contribution in [0.15, 0.2) is 58.8 Å². The highest BCUT2D eigenvalue weighted by Crippen LogP contribution is 2.35. The van der Waals surface area contributed by atoms with Crippen LogP contribution in [0.2, 0.25) is 5.02 Å². The van der Waals surface area contributed by atoms with Crippen LogP contribution in [0.1, 0.15) is 25.8 Å². The molecule has 0 aliphatic heterocycles. The van der Waals surface area contributed by atoms with Gasteiger partial charge in [-0.05, 0) is 49.2 Å². The van der Waals surface area contributed by atoms with E-state index in [-0.39, 0.29) is 0 Å². The molecule has 6 nitrogen and oxygen atoms in total. The molecule has 4 aromatic rings. The molecule has 0 aliphatic rings. The average Bonchev–Trinajstić information content (AvgIpc) is 3.09. The Balaban J connectivity index is 1.67. The van der Waals surface area contributed by atoms with E-state index in [0.717, 1.165) is 46.3 Å². The predicted octanol–water partition coefficient (Wildman–Crippen LogP) is 5.58. The van der Waals surface area contributed by atoms with E-state index in [1.54, 1.807) is 11.8 Å². The molecular weight excluding hydrogens is 440 g/mol. The Kier molecular flexibility index (Phi) is 6.98. The normalized spacial score (nSPS) is 11.5. The molecule has 3 N–H and O–H groups in total. The summed E-state index contributed by atoms with van der Waals surface area (Å²) in [5.74, 6) is 0.391. The Morgan fingerprint density at radius 1 is 1.09 bits per heavy atom. The number of nitrogen functional groups attached to an aromatic ring is 1. The van der Waals surface area contributed by atoms with Crippen LogP contribution in [0, 0.1) is 6.92 Å². The smallest absolute Gasteiger partial charge is 0.175 e. The third kappa shape index (κ3) is 5.23. The van der Waals surface area contributed by atoms with E-state index in [1.807, 2.05) is 12.1 Å². The highest BCUT2D eigenvalue weighted by molar-refractivity contribution is 7.99. The number of rotatable bonds is 8. The zero-order chi connectivity index (χ0) is 22.7. The Morgan fingerprint density at radius 2 is 1.88 bits per heavy atom. The molecule has 0 fully saturated rings. The van der Waals surface area contributed by atoms with Crippen molar-refractivity contribution in [2.45, 2.75) is 49.8 Å². The molecule has 0 aliphatic carbocycles. The van der Waals surface area contributed by atoms with Gasteiger partial charge in [0, 0.05) is 22.5 Å². The van der Waals surface area contributed by atoms with Crippen LogP contribution < -0.4 is 11.1 Å². The Morgan fingerprint density at radius 3 is 2.62 bits per heavy atom. The molecule has 0 atom stereocenters. The van der Waals surface area contributed by atoms with E-state index in [2.05, 4.69) is 71.0 Å².